The third-order valence-electron chi connectivity index (χ3n) is 5.45. The summed E-state index contributed by atoms with van der Waals surface area (Å²) in [5, 5.41) is 3.91. The Balaban J connectivity index is 1.56. The number of amides is 1. The van der Waals surface area contributed by atoms with Gasteiger partial charge in [0.15, 0.2) is 0 Å². The maximum atomic E-state index is 12.8. The number of hydrogen-bond acceptors (Lipinski definition) is 6. The van der Waals surface area contributed by atoms with Crippen LogP contribution in [0.1, 0.15) is 40.2 Å². The molecular weight excluding hydrogens is 394 g/mol. The van der Waals surface area contributed by atoms with Crippen LogP contribution in [-0.2, 0) is 16.6 Å². The van der Waals surface area contributed by atoms with Crippen molar-refractivity contribution in [2.45, 2.75) is 39.3 Å². The first-order valence-electron chi connectivity index (χ1n) is 9.53. The van der Waals surface area contributed by atoms with Gasteiger partial charge in [0.2, 0.25) is 10.0 Å². The maximum absolute atomic E-state index is 12.8. The molecule has 0 aliphatic carbocycles. The van der Waals surface area contributed by atoms with Gasteiger partial charge in [0, 0.05) is 31.7 Å². The lowest BCUT2D eigenvalue weighted by atomic mass is 10.0. The van der Waals surface area contributed by atoms with Crippen LogP contribution in [0, 0.1) is 13.8 Å². The molecule has 1 aromatic heterocycles. The van der Waals surface area contributed by atoms with E-state index in [0.29, 0.717) is 43.9 Å². The van der Waals surface area contributed by atoms with E-state index < -0.39 is 10.0 Å². The number of nitrogens with zero attached hydrogens (tertiary/aromatic N) is 3. The van der Waals surface area contributed by atoms with E-state index in [4.69, 9.17) is 9.26 Å². The van der Waals surface area contributed by atoms with E-state index in [-0.39, 0.29) is 11.9 Å². The molecule has 3 rings (SSSR count). The van der Waals surface area contributed by atoms with Gasteiger partial charge in [-0.2, -0.15) is 0 Å². The number of ether oxygens (including phenoxy) is 1. The van der Waals surface area contributed by atoms with Crippen LogP contribution in [0.25, 0.3) is 0 Å². The Kier molecular flexibility index (Phi) is 6.28. The first-order chi connectivity index (χ1) is 13.7. The fourth-order valence-corrected chi connectivity index (χ4v) is 4.20. The molecular formula is C20H27N3O5S. The number of rotatable bonds is 6. The predicted octanol–water partition coefficient (Wildman–Crippen LogP) is 2.37. The third-order valence-corrected chi connectivity index (χ3v) is 6.80. The van der Waals surface area contributed by atoms with Crippen LogP contribution in [0.3, 0.4) is 0 Å². The van der Waals surface area contributed by atoms with Gasteiger partial charge >= 0.3 is 0 Å². The zero-order valence-corrected chi connectivity index (χ0v) is 18.0. The van der Waals surface area contributed by atoms with Crippen LogP contribution in [0.2, 0.25) is 0 Å². The van der Waals surface area contributed by atoms with E-state index in [1.54, 1.807) is 36.2 Å². The molecule has 0 saturated carbocycles. The minimum Gasteiger partial charge on any atom is -0.489 e. The molecule has 1 aliphatic rings. The average Bonchev–Trinajstić information content (AvgIpc) is 3.02. The number of aromatic nitrogens is 1. The van der Waals surface area contributed by atoms with Gasteiger partial charge in [-0.1, -0.05) is 5.16 Å². The van der Waals surface area contributed by atoms with E-state index in [9.17, 15) is 13.2 Å². The second-order valence-corrected chi connectivity index (χ2v) is 9.46. The molecule has 1 fully saturated rings. The Bertz CT molecular complexity index is 941. The molecule has 2 heterocycles. The van der Waals surface area contributed by atoms with Gasteiger partial charge in [-0.3, -0.25) is 4.79 Å². The summed E-state index contributed by atoms with van der Waals surface area (Å²) in [6.07, 6.45) is 2.47. The Morgan fingerprint density at radius 2 is 1.86 bits per heavy atom. The van der Waals surface area contributed by atoms with Crippen molar-refractivity contribution in [1.29, 1.82) is 0 Å². The molecule has 0 spiro atoms. The third kappa shape index (κ3) is 4.97. The summed E-state index contributed by atoms with van der Waals surface area (Å²) in [4.78, 5) is 14.5. The van der Waals surface area contributed by atoms with Crippen molar-refractivity contribution in [3.63, 3.8) is 0 Å². The number of carbonyl (C=O) groups excluding carboxylic acids is 1. The molecule has 0 bridgehead atoms. The quantitative estimate of drug-likeness (QED) is 0.711. The molecule has 158 valence electrons. The van der Waals surface area contributed by atoms with Crippen LogP contribution in [0.15, 0.2) is 28.8 Å². The highest BCUT2D eigenvalue weighted by Crippen LogP contribution is 2.21. The first kappa shape index (κ1) is 21.3. The molecule has 1 amide bonds. The van der Waals surface area contributed by atoms with Crippen LogP contribution in [0.5, 0.6) is 5.75 Å². The molecule has 9 heteroatoms. The summed E-state index contributed by atoms with van der Waals surface area (Å²) in [7, 11) is -1.62. The maximum Gasteiger partial charge on any atom is 0.253 e. The summed E-state index contributed by atoms with van der Waals surface area (Å²) >= 11 is 0. The minimum atomic E-state index is -3.22. The highest BCUT2D eigenvalue weighted by Gasteiger charge is 2.29. The minimum absolute atomic E-state index is 0.0530. The lowest BCUT2D eigenvalue weighted by Crippen LogP contribution is -2.47. The van der Waals surface area contributed by atoms with Crippen LogP contribution in [-0.4, -0.2) is 61.1 Å². The lowest BCUT2D eigenvalue weighted by molar-refractivity contribution is 0.0686. The van der Waals surface area contributed by atoms with Crippen molar-refractivity contribution in [1.82, 2.24) is 14.4 Å². The average molecular weight is 422 g/mol. The predicted molar refractivity (Wildman–Crippen MR) is 108 cm³/mol. The Hall–Kier alpha value is -2.39. The van der Waals surface area contributed by atoms with Gasteiger partial charge in [0.25, 0.3) is 5.91 Å². The number of aryl methyl sites for hydroxylation is 2. The van der Waals surface area contributed by atoms with Crippen LogP contribution >= 0.6 is 0 Å². The van der Waals surface area contributed by atoms with Gasteiger partial charge in [-0.25, -0.2) is 12.7 Å². The van der Waals surface area contributed by atoms with Crippen molar-refractivity contribution < 1.29 is 22.5 Å². The summed E-state index contributed by atoms with van der Waals surface area (Å²) in [5.74, 6) is 1.34. The highest BCUT2D eigenvalue weighted by molar-refractivity contribution is 7.88. The van der Waals surface area contributed by atoms with Gasteiger partial charge in [0.1, 0.15) is 18.1 Å². The second kappa shape index (κ2) is 8.54. The SMILES string of the molecule is Cc1noc(C)c1COc1ccc(C(=O)N2CCC(N(C)S(C)(=O)=O)CC2)cc1. The smallest absolute Gasteiger partial charge is 0.253 e. The molecule has 1 aliphatic heterocycles. The summed E-state index contributed by atoms with van der Waals surface area (Å²) in [6.45, 7) is 5.14. The summed E-state index contributed by atoms with van der Waals surface area (Å²) in [5.41, 5.74) is 2.32. The first-order valence-corrected chi connectivity index (χ1v) is 11.4. The van der Waals surface area contributed by atoms with Crippen LogP contribution < -0.4 is 4.74 Å². The Morgan fingerprint density at radius 1 is 1.24 bits per heavy atom. The lowest BCUT2D eigenvalue weighted by Gasteiger charge is -2.35. The monoisotopic (exact) mass is 421 g/mol. The van der Waals surface area contributed by atoms with E-state index in [2.05, 4.69) is 5.16 Å². The summed E-state index contributed by atoms with van der Waals surface area (Å²) < 4.78 is 35.7. The van der Waals surface area contributed by atoms with Crippen molar-refractivity contribution in [2.75, 3.05) is 26.4 Å². The largest absolute Gasteiger partial charge is 0.489 e. The summed E-state index contributed by atoms with van der Waals surface area (Å²) in [6, 6.07) is 6.99. The van der Waals surface area contributed by atoms with Crippen molar-refractivity contribution in [3.8, 4) is 5.75 Å². The molecule has 29 heavy (non-hydrogen) atoms. The van der Waals surface area contributed by atoms with Crippen LogP contribution in [0.4, 0.5) is 0 Å². The molecule has 0 radical (unpaired) electrons. The van der Waals surface area contributed by atoms with Crippen molar-refractivity contribution in [2.24, 2.45) is 0 Å². The molecule has 0 unspecified atom stereocenters. The van der Waals surface area contributed by atoms with Gasteiger partial charge < -0.3 is 14.2 Å². The fourth-order valence-electron chi connectivity index (χ4n) is 3.44. The Morgan fingerprint density at radius 3 is 2.38 bits per heavy atom. The van der Waals surface area contributed by atoms with Gasteiger partial charge in [-0.15, -0.1) is 0 Å². The van der Waals surface area contributed by atoms with Gasteiger partial charge in [0.05, 0.1) is 17.5 Å². The standard InChI is InChI=1S/C20H27N3O5S/c1-14-19(15(2)28-21-14)13-27-18-7-5-16(6-8-18)20(24)23-11-9-17(10-12-23)22(3)29(4,25)26/h5-8,17H,9-13H2,1-4H3. The van der Waals surface area contributed by atoms with Gasteiger partial charge in [-0.05, 0) is 51.0 Å². The van der Waals surface area contributed by atoms with E-state index in [1.807, 2.05) is 13.8 Å². The molecule has 8 nitrogen and oxygen atoms in total. The highest BCUT2D eigenvalue weighted by atomic mass is 32.2. The molecule has 1 aromatic carbocycles. The van der Waals surface area contributed by atoms with E-state index in [1.165, 1.54) is 10.6 Å². The number of benzene rings is 1. The van der Waals surface area contributed by atoms with Crippen molar-refractivity contribution >= 4 is 15.9 Å². The van der Waals surface area contributed by atoms with Crippen molar-refractivity contribution in [3.05, 3.63) is 46.8 Å². The topological polar surface area (TPSA) is 93.0 Å². The zero-order chi connectivity index (χ0) is 21.2. The number of likely N-dealkylation sites (tertiary alicyclic amines) is 1. The molecule has 0 N–H and O–H groups in total. The second-order valence-electron chi connectivity index (χ2n) is 7.42. The number of carbonyl (C=O) groups is 1. The fraction of sp³-hybridized carbons (Fsp3) is 0.500. The van der Waals surface area contributed by atoms with E-state index >= 15 is 0 Å². The number of sulfonamides is 1. The molecule has 1 saturated heterocycles. The van der Waals surface area contributed by atoms with E-state index in [0.717, 1.165) is 17.0 Å². The number of hydrogen-bond donors (Lipinski definition) is 0. The number of piperidine rings is 1. The normalized spacial score (nSPS) is 15.7. The molecule has 0 atom stereocenters. The zero-order valence-electron chi connectivity index (χ0n) is 17.2. The molecule has 2 aromatic rings. The Labute approximate surface area is 171 Å².